The average molecular weight is 416 g/mol. The highest BCUT2D eigenvalue weighted by molar-refractivity contribution is 7.88. The molecule has 2 aromatic heterocycles. The molecule has 0 spiro atoms. The van der Waals surface area contributed by atoms with Crippen LogP contribution in [0.15, 0.2) is 47.1 Å². The van der Waals surface area contributed by atoms with Gasteiger partial charge in [0.15, 0.2) is 0 Å². The number of furan rings is 1. The van der Waals surface area contributed by atoms with E-state index >= 15 is 0 Å². The lowest BCUT2D eigenvalue weighted by molar-refractivity contribution is 0.0632. The van der Waals surface area contributed by atoms with E-state index < -0.39 is 10.0 Å². The maximum absolute atomic E-state index is 13.3. The third kappa shape index (κ3) is 3.82. The molecule has 1 aliphatic rings. The van der Waals surface area contributed by atoms with Gasteiger partial charge in [0.2, 0.25) is 15.7 Å². The summed E-state index contributed by atoms with van der Waals surface area (Å²) in [5.41, 5.74) is 3.46. The van der Waals surface area contributed by atoms with Crippen molar-refractivity contribution in [2.75, 3.05) is 25.9 Å². The van der Waals surface area contributed by atoms with E-state index in [0.717, 1.165) is 16.5 Å². The molecule has 3 aromatic rings. The van der Waals surface area contributed by atoms with Crippen LogP contribution in [0.1, 0.15) is 28.5 Å². The van der Waals surface area contributed by atoms with Gasteiger partial charge in [0.25, 0.3) is 5.91 Å². The minimum absolute atomic E-state index is 0.107. The number of sulfonamides is 1. The molecule has 1 atom stereocenters. The number of rotatable bonds is 4. The number of amides is 1. The van der Waals surface area contributed by atoms with Crippen LogP contribution < -0.4 is 0 Å². The fourth-order valence-electron chi connectivity index (χ4n) is 4.08. The Hall–Kier alpha value is -2.58. The number of carbonyl (C=O) groups excluding carboxylic acids is 1. The first kappa shape index (κ1) is 19.7. The molecule has 1 amide bonds. The van der Waals surface area contributed by atoms with E-state index in [1.165, 1.54) is 10.6 Å². The highest BCUT2D eigenvalue weighted by Crippen LogP contribution is 2.25. The zero-order valence-electron chi connectivity index (χ0n) is 16.8. The first-order valence-corrected chi connectivity index (χ1v) is 11.5. The average Bonchev–Trinajstić information content (AvgIpc) is 3.23. The molecule has 1 aliphatic heterocycles. The van der Waals surface area contributed by atoms with Gasteiger partial charge in [0.1, 0.15) is 5.69 Å². The lowest BCUT2D eigenvalue weighted by atomic mass is 10.1. The summed E-state index contributed by atoms with van der Waals surface area (Å²) in [6.45, 7) is 5.43. The topological polar surface area (TPSA) is 75.8 Å². The molecule has 0 radical (unpaired) electrons. The Morgan fingerprint density at radius 1 is 1.21 bits per heavy atom. The smallest absolute Gasteiger partial charge is 0.270 e. The molecule has 0 unspecified atom stereocenters. The van der Waals surface area contributed by atoms with Crippen LogP contribution in [0.2, 0.25) is 0 Å². The predicted molar refractivity (Wildman–Crippen MR) is 111 cm³/mol. The fraction of sp³-hybridized carbons (Fsp3) is 0.381. The van der Waals surface area contributed by atoms with E-state index in [1.807, 2.05) is 48.7 Å². The zero-order valence-corrected chi connectivity index (χ0v) is 17.6. The molecule has 8 heteroatoms. The molecule has 0 saturated carbocycles. The predicted octanol–water partition coefficient (Wildman–Crippen LogP) is 2.70. The molecule has 7 nitrogen and oxygen atoms in total. The standard InChI is InChI=1S/C21H25N3O4S/c1-15-5-4-6-17(11-15)14-23-19(12-18-7-10-28-21(18)23)20(25)22-8-9-24(16(2)13-22)29(3,26)27/h4-7,10-12,16H,8-9,13-14H2,1-3H3/t16-/m0/s1. The summed E-state index contributed by atoms with van der Waals surface area (Å²) in [6.07, 6.45) is 2.83. The van der Waals surface area contributed by atoms with Gasteiger partial charge in [-0.1, -0.05) is 29.8 Å². The molecule has 1 fully saturated rings. The summed E-state index contributed by atoms with van der Waals surface area (Å²) >= 11 is 0. The van der Waals surface area contributed by atoms with Crippen LogP contribution >= 0.6 is 0 Å². The van der Waals surface area contributed by atoms with Crippen LogP contribution in [0.5, 0.6) is 0 Å². The zero-order chi connectivity index (χ0) is 20.8. The SMILES string of the molecule is Cc1cccc(Cn2c(C(=O)N3CCN(S(C)(=O)=O)[C@@H](C)C3)cc3ccoc32)c1. The van der Waals surface area contributed by atoms with Gasteiger partial charge in [-0.05, 0) is 31.5 Å². The first-order chi connectivity index (χ1) is 13.7. The second kappa shape index (κ2) is 7.35. The van der Waals surface area contributed by atoms with E-state index in [1.54, 1.807) is 11.2 Å². The normalized spacial score (nSPS) is 18.4. The van der Waals surface area contributed by atoms with Crippen LogP contribution in [-0.4, -0.2) is 60.0 Å². The van der Waals surface area contributed by atoms with Crippen LogP contribution in [0.4, 0.5) is 0 Å². The van der Waals surface area contributed by atoms with Crippen molar-refractivity contribution in [3.8, 4) is 0 Å². The number of aryl methyl sites for hydroxylation is 1. The summed E-state index contributed by atoms with van der Waals surface area (Å²) in [7, 11) is -3.28. The summed E-state index contributed by atoms with van der Waals surface area (Å²) in [5, 5.41) is 0.879. The van der Waals surface area contributed by atoms with E-state index in [0.29, 0.717) is 37.6 Å². The lowest BCUT2D eigenvalue weighted by Gasteiger charge is -2.38. The molecule has 1 aromatic carbocycles. The Morgan fingerprint density at radius 2 is 2.00 bits per heavy atom. The molecular weight excluding hydrogens is 390 g/mol. The molecule has 3 heterocycles. The van der Waals surface area contributed by atoms with Crippen molar-refractivity contribution in [1.29, 1.82) is 0 Å². The van der Waals surface area contributed by atoms with E-state index in [9.17, 15) is 13.2 Å². The Labute approximate surface area is 170 Å². The Morgan fingerprint density at radius 3 is 2.69 bits per heavy atom. The summed E-state index contributed by atoms with van der Waals surface area (Å²) < 4.78 is 32.8. The highest BCUT2D eigenvalue weighted by atomic mass is 32.2. The van der Waals surface area contributed by atoms with Gasteiger partial charge in [-0.3, -0.25) is 4.79 Å². The van der Waals surface area contributed by atoms with E-state index in [-0.39, 0.29) is 11.9 Å². The first-order valence-electron chi connectivity index (χ1n) is 9.62. The molecule has 1 saturated heterocycles. The largest absolute Gasteiger partial charge is 0.448 e. The van der Waals surface area contributed by atoms with Crippen molar-refractivity contribution in [3.63, 3.8) is 0 Å². The molecule has 0 bridgehead atoms. The third-order valence-electron chi connectivity index (χ3n) is 5.42. The van der Waals surface area contributed by atoms with Crippen LogP contribution in [0.3, 0.4) is 0 Å². The number of hydrogen-bond donors (Lipinski definition) is 0. The maximum Gasteiger partial charge on any atom is 0.270 e. The van der Waals surface area contributed by atoms with Gasteiger partial charge in [-0.2, -0.15) is 4.31 Å². The Kier molecular flexibility index (Phi) is 5.00. The van der Waals surface area contributed by atoms with Crippen molar-refractivity contribution in [2.24, 2.45) is 0 Å². The number of carbonyl (C=O) groups is 1. The van der Waals surface area contributed by atoms with Crippen LogP contribution in [0.25, 0.3) is 11.1 Å². The van der Waals surface area contributed by atoms with Gasteiger partial charge in [0, 0.05) is 31.1 Å². The lowest BCUT2D eigenvalue weighted by Crippen LogP contribution is -2.55. The van der Waals surface area contributed by atoms with Gasteiger partial charge in [-0.25, -0.2) is 8.42 Å². The summed E-state index contributed by atoms with van der Waals surface area (Å²) in [4.78, 5) is 15.1. The maximum atomic E-state index is 13.3. The Bertz CT molecular complexity index is 1160. The number of fused-ring (bicyclic) bond motifs is 1. The van der Waals surface area contributed by atoms with E-state index in [4.69, 9.17) is 4.42 Å². The number of hydrogen-bond acceptors (Lipinski definition) is 4. The van der Waals surface area contributed by atoms with E-state index in [2.05, 4.69) is 6.07 Å². The third-order valence-corrected chi connectivity index (χ3v) is 6.82. The minimum atomic E-state index is -3.28. The second-order valence-electron chi connectivity index (χ2n) is 7.76. The molecular formula is C21H25N3O4S. The minimum Gasteiger partial charge on any atom is -0.448 e. The fourth-order valence-corrected chi connectivity index (χ4v) is 5.22. The number of aromatic nitrogens is 1. The van der Waals surface area contributed by atoms with Crippen molar-refractivity contribution >= 4 is 27.0 Å². The van der Waals surface area contributed by atoms with Gasteiger partial charge >= 0.3 is 0 Å². The van der Waals surface area contributed by atoms with Crippen LogP contribution in [-0.2, 0) is 16.6 Å². The number of nitrogens with zero attached hydrogens (tertiary/aromatic N) is 3. The second-order valence-corrected chi connectivity index (χ2v) is 9.69. The Balaban J connectivity index is 1.64. The van der Waals surface area contributed by atoms with Gasteiger partial charge < -0.3 is 13.9 Å². The molecule has 154 valence electrons. The molecule has 0 N–H and O–H groups in total. The van der Waals surface area contributed by atoms with Crippen molar-refractivity contribution in [1.82, 2.24) is 13.8 Å². The molecule has 29 heavy (non-hydrogen) atoms. The van der Waals surface area contributed by atoms with Crippen molar-refractivity contribution < 1.29 is 17.6 Å². The quantitative estimate of drug-likeness (QED) is 0.657. The summed E-state index contributed by atoms with van der Waals surface area (Å²) in [5.74, 6) is -0.107. The summed E-state index contributed by atoms with van der Waals surface area (Å²) in [6, 6.07) is 11.6. The van der Waals surface area contributed by atoms with Crippen molar-refractivity contribution in [3.05, 3.63) is 59.5 Å². The molecule has 4 rings (SSSR count). The van der Waals surface area contributed by atoms with Crippen molar-refractivity contribution in [2.45, 2.75) is 26.4 Å². The molecule has 0 aliphatic carbocycles. The highest BCUT2D eigenvalue weighted by Gasteiger charge is 2.33. The number of piperazine rings is 1. The number of benzene rings is 1. The van der Waals surface area contributed by atoms with Gasteiger partial charge in [0.05, 0.1) is 19.1 Å². The van der Waals surface area contributed by atoms with Gasteiger partial charge in [-0.15, -0.1) is 0 Å². The van der Waals surface area contributed by atoms with Crippen LogP contribution in [0, 0.1) is 6.92 Å². The monoisotopic (exact) mass is 415 g/mol.